The second kappa shape index (κ2) is 12.8. The number of amides is 1. The Balaban J connectivity index is 0.000000173. The fourth-order valence-corrected chi connectivity index (χ4v) is 3.68. The van der Waals surface area contributed by atoms with Gasteiger partial charge in [0.2, 0.25) is 6.41 Å². The maximum absolute atomic E-state index is 11.7. The molecule has 5 nitrogen and oxygen atoms in total. The number of benzene rings is 1. The fraction of sp³-hybridized carbons (Fsp3) is 0.636. The molecule has 2 aromatic rings. The Morgan fingerprint density at radius 1 is 1.21 bits per heavy atom. The third-order valence-electron chi connectivity index (χ3n) is 5.30. The van der Waals surface area contributed by atoms with E-state index in [1.165, 1.54) is 63.0 Å². The molecule has 1 aromatic heterocycles. The van der Waals surface area contributed by atoms with Crippen molar-refractivity contribution in [1.29, 1.82) is 0 Å². The molecular weight excluding hydrogens is 389 g/mol. The first kappa shape index (κ1) is 23.5. The first-order valence-corrected chi connectivity index (χ1v) is 11.5. The molecule has 3 N–H and O–H groups in total. The van der Waals surface area contributed by atoms with Crippen LogP contribution in [-0.2, 0) is 4.79 Å². The highest BCUT2D eigenvalue weighted by Gasteiger charge is 2.20. The summed E-state index contributed by atoms with van der Waals surface area (Å²) in [5.74, 6) is 0.952. The second-order valence-corrected chi connectivity index (χ2v) is 8.67. The third kappa shape index (κ3) is 8.26. The minimum Gasteiger partial charge on any atom is -0.488 e. The number of para-hydroxylation sites is 1. The third-order valence-corrected chi connectivity index (χ3v) is 6.10. The number of carbonyl (C=O) groups is 1. The predicted molar refractivity (Wildman–Crippen MR) is 118 cm³/mol. The number of aromatic nitrogens is 1. The monoisotopic (exact) mass is 423 g/mol. The van der Waals surface area contributed by atoms with Gasteiger partial charge in [-0.1, -0.05) is 25.3 Å². The summed E-state index contributed by atoms with van der Waals surface area (Å²) in [7, 11) is 0. The van der Waals surface area contributed by atoms with Crippen molar-refractivity contribution in [2.45, 2.75) is 89.6 Å². The highest BCUT2D eigenvalue weighted by atomic mass is 32.1. The van der Waals surface area contributed by atoms with E-state index in [-0.39, 0.29) is 6.04 Å². The number of carbonyl (C=O) groups excluding carboxylic acids is 1. The van der Waals surface area contributed by atoms with Crippen molar-refractivity contribution in [3.63, 3.8) is 0 Å². The Morgan fingerprint density at radius 3 is 2.45 bits per heavy atom. The molecule has 0 radical (unpaired) electrons. The van der Waals surface area contributed by atoms with Crippen molar-refractivity contribution < 1.29 is 13.9 Å². The SMILES string of the molecule is CC(N)C(C)F.O=CNC1CCCCC1.c1cc(OC2CCC2)c2ncsc2c1. The van der Waals surface area contributed by atoms with Crippen molar-refractivity contribution in [1.82, 2.24) is 10.3 Å². The molecule has 4 rings (SSSR count). The van der Waals surface area contributed by atoms with Gasteiger partial charge in [-0.2, -0.15) is 0 Å². The molecule has 29 heavy (non-hydrogen) atoms. The lowest BCUT2D eigenvalue weighted by atomic mass is 9.96. The Morgan fingerprint density at radius 2 is 1.90 bits per heavy atom. The second-order valence-electron chi connectivity index (χ2n) is 7.78. The average molecular weight is 424 g/mol. The van der Waals surface area contributed by atoms with Crippen molar-refractivity contribution in [2.24, 2.45) is 5.73 Å². The molecule has 0 aliphatic heterocycles. The van der Waals surface area contributed by atoms with Gasteiger partial charge in [0.15, 0.2) is 0 Å². The lowest BCUT2D eigenvalue weighted by molar-refractivity contribution is -0.110. The van der Waals surface area contributed by atoms with Gasteiger partial charge in [0.1, 0.15) is 17.4 Å². The van der Waals surface area contributed by atoms with Gasteiger partial charge in [-0.3, -0.25) is 4.79 Å². The number of alkyl halides is 1. The number of hydrogen-bond donors (Lipinski definition) is 2. The highest BCUT2D eigenvalue weighted by molar-refractivity contribution is 7.16. The summed E-state index contributed by atoms with van der Waals surface area (Å²) in [6.07, 6.45) is 10.3. The van der Waals surface area contributed by atoms with E-state index in [0.717, 1.165) is 17.7 Å². The Bertz CT molecular complexity index is 707. The van der Waals surface area contributed by atoms with Crippen molar-refractivity contribution >= 4 is 28.0 Å². The summed E-state index contributed by atoms with van der Waals surface area (Å²) in [6, 6.07) is 6.30. The lowest BCUT2D eigenvalue weighted by Gasteiger charge is -2.26. The molecule has 1 heterocycles. The summed E-state index contributed by atoms with van der Waals surface area (Å²) < 4.78 is 18.8. The molecule has 0 bridgehead atoms. The largest absolute Gasteiger partial charge is 0.488 e. The summed E-state index contributed by atoms with van der Waals surface area (Å²) >= 11 is 1.66. The minimum absolute atomic E-state index is 0.315. The molecule has 2 unspecified atom stereocenters. The van der Waals surface area contributed by atoms with E-state index < -0.39 is 6.17 Å². The van der Waals surface area contributed by atoms with Gasteiger partial charge in [0.25, 0.3) is 0 Å². The number of halogens is 1. The summed E-state index contributed by atoms with van der Waals surface area (Å²) in [5, 5.41) is 2.80. The van der Waals surface area contributed by atoms with E-state index in [9.17, 15) is 9.18 Å². The maximum atomic E-state index is 11.7. The van der Waals surface area contributed by atoms with Crippen LogP contribution in [0.5, 0.6) is 5.75 Å². The average Bonchev–Trinajstić information content (AvgIpc) is 3.16. The molecule has 0 spiro atoms. The minimum atomic E-state index is -0.870. The molecule has 2 aliphatic rings. The van der Waals surface area contributed by atoms with Crippen molar-refractivity contribution in [3.8, 4) is 5.75 Å². The van der Waals surface area contributed by atoms with E-state index in [1.807, 2.05) is 17.6 Å². The van der Waals surface area contributed by atoms with Crippen LogP contribution in [0.1, 0.15) is 65.2 Å². The molecule has 2 saturated carbocycles. The Kier molecular flexibility index (Phi) is 10.4. The molecule has 7 heteroatoms. The normalized spacial score (nSPS) is 18.9. The zero-order valence-corrected chi connectivity index (χ0v) is 18.3. The summed E-state index contributed by atoms with van der Waals surface area (Å²) in [5.41, 5.74) is 7.95. The van der Waals surface area contributed by atoms with Gasteiger partial charge < -0.3 is 15.8 Å². The molecule has 1 amide bonds. The zero-order chi connectivity index (χ0) is 21.1. The number of nitrogens with two attached hydrogens (primary N) is 1. The van der Waals surface area contributed by atoms with Gasteiger partial charge in [-0.25, -0.2) is 9.37 Å². The number of fused-ring (bicyclic) bond motifs is 1. The Hall–Kier alpha value is -1.73. The van der Waals surface area contributed by atoms with Crippen LogP contribution in [0.4, 0.5) is 4.39 Å². The van der Waals surface area contributed by atoms with Gasteiger partial charge in [-0.15, -0.1) is 11.3 Å². The van der Waals surface area contributed by atoms with E-state index >= 15 is 0 Å². The number of nitrogens with one attached hydrogen (secondary N) is 1. The van der Waals surface area contributed by atoms with Gasteiger partial charge in [-0.05, 0) is 58.1 Å². The van der Waals surface area contributed by atoms with Crippen molar-refractivity contribution in [3.05, 3.63) is 23.7 Å². The van der Waals surface area contributed by atoms with Crippen LogP contribution in [0.3, 0.4) is 0 Å². The van der Waals surface area contributed by atoms with Crippen LogP contribution >= 0.6 is 11.3 Å². The topological polar surface area (TPSA) is 77.2 Å². The maximum Gasteiger partial charge on any atom is 0.207 e. The fourth-order valence-electron chi connectivity index (χ4n) is 2.99. The molecular formula is C22H34FN3O2S. The van der Waals surface area contributed by atoms with Crippen molar-refractivity contribution in [2.75, 3.05) is 0 Å². The summed E-state index contributed by atoms with van der Waals surface area (Å²) in [4.78, 5) is 14.3. The lowest BCUT2D eigenvalue weighted by Crippen LogP contribution is -2.29. The quantitative estimate of drug-likeness (QED) is 0.665. The van der Waals surface area contributed by atoms with Crippen LogP contribution in [-0.4, -0.2) is 35.8 Å². The number of rotatable bonds is 5. The summed E-state index contributed by atoms with van der Waals surface area (Å²) in [6.45, 7) is 3.09. The highest BCUT2D eigenvalue weighted by Crippen LogP contribution is 2.31. The number of nitrogens with zero attached hydrogens (tertiary/aromatic N) is 1. The van der Waals surface area contributed by atoms with Crippen LogP contribution < -0.4 is 15.8 Å². The molecule has 2 atom stereocenters. The van der Waals surface area contributed by atoms with Crippen LogP contribution in [0.15, 0.2) is 23.7 Å². The first-order chi connectivity index (χ1) is 14.0. The van der Waals surface area contributed by atoms with Gasteiger partial charge in [0.05, 0.1) is 16.3 Å². The van der Waals surface area contributed by atoms with Crippen LogP contribution in [0, 0.1) is 0 Å². The van der Waals surface area contributed by atoms with E-state index in [2.05, 4.69) is 16.4 Å². The molecule has 162 valence electrons. The van der Waals surface area contributed by atoms with E-state index in [4.69, 9.17) is 10.5 Å². The van der Waals surface area contributed by atoms with E-state index in [0.29, 0.717) is 12.1 Å². The standard InChI is InChI=1S/C11H11NOS.C7H13NO.C4H10FN/c1-3-8(4-1)13-9-5-2-6-10-11(9)12-7-14-10;9-6-8-7-4-2-1-3-5-7;1-3(5)4(2)6/h2,5-8H,1,3-4H2;6-7H,1-5H2,(H,8,9);3-4H,6H2,1-2H3. The smallest absolute Gasteiger partial charge is 0.207 e. The number of ether oxygens (including phenoxy) is 1. The predicted octanol–water partition coefficient (Wildman–Crippen LogP) is 4.98. The van der Waals surface area contributed by atoms with Crippen LogP contribution in [0.25, 0.3) is 10.2 Å². The number of hydrogen-bond acceptors (Lipinski definition) is 5. The van der Waals surface area contributed by atoms with Gasteiger partial charge >= 0.3 is 0 Å². The van der Waals surface area contributed by atoms with E-state index in [1.54, 1.807) is 18.3 Å². The molecule has 2 aliphatic carbocycles. The van der Waals surface area contributed by atoms with Gasteiger partial charge in [0, 0.05) is 12.1 Å². The Labute approximate surface area is 177 Å². The zero-order valence-electron chi connectivity index (χ0n) is 17.5. The molecule has 1 aromatic carbocycles. The number of thiazole rings is 1. The van der Waals surface area contributed by atoms with Crippen LogP contribution in [0.2, 0.25) is 0 Å². The first-order valence-electron chi connectivity index (χ1n) is 10.6. The molecule has 0 saturated heterocycles. The molecule has 2 fully saturated rings.